The fourth-order valence-corrected chi connectivity index (χ4v) is 4.37. The van der Waals surface area contributed by atoms with E-state index in [1.807, 2.05) is 63.3 Å². The second-order valence-electron chi connectivity index (χ2n) is 17.8. The van der Waals surface area contributed by atoms with Crippen molar-refractivity contribution in [3.05, 3.63) is 35.9 Å². The molecule has 11 nitrogen and oxygen atoms in total. The maximum Gasteiger partial charge on any atom is 0.287 e. The highest BCUT2D eigenvalue weighted by Gasteiger charge is 2.29. The van der Waals surface area contributed by atoms with Gasteiger partial charge >= 0.3 is 0 Å². The molecule has 1 aromatic rings. The predicted octanol–water partition coefficient (Wildman–Crippen LogP) is 10.3. The standard InChI is InChI=1S/C12H16O.C11H23NO.C9H15NO3.C7H11NO2.C5H12.C4H10.C3H9N/c1-2-3-7-12(10-13)11-8-5-4-6-9-11;1-4-6-7-10(11(12)13)8-9(3)5-2;1-3-4-5-8(12)9(13)10-6-7(2)11;1-5(9)4-8-7(10)6-2-3-6;1-4-5(2)3;2*1-4(2)3/h4-6,8-10,12H,2-3,7H2,1H3;9-10H,4-8H2,1-3H3,(H2,12,13);3-6H2,1-2H3,(H,10,13);6H,2-4H2,1H3,(H,8,10);5H,4H2,1-3H3;4H,1-3H3;1-3H3. The van der Waals surface area contributed by atoms with Gasteiger partial charge in [0.25, 0.3) is 5.91 Å². The SMILES string of the molecule is CC(=O)CNC(=O)C1CC1.CC(C)C.CCC(C)C.CCCCC(=O)C(=O)NCC(C)=O.CCCCC(C=O)c1ccccc1.CCCCC(CC(C)CC)C(N)=O.CN(C)C. The van der Waals surface area contributed by atoms with E-state index in [9.17, 15) is 33.6 Å². The highest BCUT2D eigenvalue weighted by Crippen LogP contribution is 2.28. The molecule has 2 rings (SSSR count). The quantitative estimate of drug-likeness (QED) is 0.0763. The molecule has 1 saturated carbocycles. The highest BCUT2D eigenvalue weighted by molar-refractivity contribution is 6.36. The van der Waals surface area contributed by atoms with Crippen LogP contribution in [0.25, 0.3) is 0 Å². The number of ketones is 3. The van der Waals surface area contributed by atoms with Gasteiger partial charge in [-0.2, -0.15) is 0 Å². The fraction of sp³-hybridized carbons (Fsp3) is 0.745. The van der Waals surface area contributed by atoms with Gasteiger partial charge < -0.3 is 26.1 Å². The zero-order valence-corrected chi connectivity index (χ0v) is 42.6. The van der Waals surface area contributed by atoms with Gasteiger partial charge in [0.2, 0.25) is 17.6 Å². The van der Waals surface area contributed by atoms with E-state index in [1.165, 1.54) is 20.3 Å². The number of hydrogen-bond donors (Lipinski definition) is 3. The van der Waals surface area contributed by atoms with E-state index in [0.717, 1.165) is 94.3 Å². The van der Waals surface area contributed by atoms with E-state index in [2.05, 4.69) is 79.9 Å². The third-order valence-electron chi connectivity index (χ3n) is 8.74. The molecule has 1 aromatic carbocycles. The number of nitrogens with two attached hydrogens (primary N) is 1. The number of nitrogens with zero attached hydrogens (tertiary/aromatic N) is 1. The molecule has 1 aliphatic rings. The van der Waals surface area contributed by atoms with Crippen molar-refractivity contribution >= 4 is 41.4 Å². The first-order chi connectivity index (χ1) is 29.0. The van der Waals surface area contributed by atoms with E-state index in [0.29, 0.717) is 12.3 Å². The van der Waals surface area contributed by atoms with Gasteiger partial charge in [0, 0.05) is 24.2 Å². The van der Waals surface area contributed by atoms with Gasteiger partial charge in [0.05, 0.1) is 13.1 Å². The van der Waals surface area contributed by atoms with Gasteiger partial charge in [-0.3, -0.25) is 28.8 Å². The molecular weight excluding hydrogens is 781 g/mol. The zero-order valence-electron chi connectivity index (χ0n) is 42.6. The average Bonchev–Trinajstić information content (AvgIpc) is 4.07. The van der Waals surface area contributed by atoms with Crippen molar-refractivity contribution in [2.45, 2.75) is 186 Å². The summed E-state index contributed by atoms with van der Waals surface area (Å²) in [5.74, 6) is 1.43. The van der Waals surface area contributed by atoms with Crippen LogP contribution < -0.4 is 16.4 Å². The lowest BCUT2D eigenvalue weighted by Gasteiger charge is -2.16. The molecule has 3 unspecified atom stereocenters. The summed E-state index contributed by atoms with van der Waals surface area (Å²) in [5, 5.41) is 4.81. The summed E-state index contributed by atoms with van der Waals surface area (Å²) in [5.41, 5.74) is 6.49. The Bertz CT molecular complexity index is 1250. The molecule has 1 aliphatic carbocycles. The van der Waals surface area contributed by atoms with Crippen molar-refractivity contribution in [3.63, 3.8) is 0 Å². The number of primary amides is 1. The maximum atomic E-state index is 11.1. The molecule has 3 amide bonds. The molecule has 0 heterocycles. The Balaban J connectivity index is -0.000000213. The monoisotopic (exact) mass is 877 g/mol. The molecule has 0 radical (unpaired) electrons. The Morgan fingerprint density at radius 3 is 1.52 bits per heavy atom. The molecular formula is C51H96N4O7. The van der Waals surface area contributed by atoms with Crippen molar-refractivity contribution in [1.29, 1.82) is 0 Å². The third kappa shape index (κ3) is 56.3. The summed E-state index contributed by atoms with van der Waals surface area (Å²) >= 11 is 0. The molecule has 0 aliphatic heterocycles. The Kier molecular flexibility index (Phi) is 50.8. The molecule has 4 N–H and O–H groups in total. The summed E-state index contributed by atoms with van der Waals surface area (Å²) in [6, 6.07) is 9.99. The van der Waals surface area contributed by atoms with Crippen molar-refractivity contribution in [2.75, 3.05) is 34.2 Å². The van der Waals surface area contributed by atoms with Crippen LogP contribution in [0.3, 0.4) is 0 Å². The van der Waals surface area contributed by atoms with Crippen LogP contribution in [0.2, 0.25) is 0 Å². The largest absolute Gasteiger partial charge is 0.369 e. The average molecular weight is 877 g/mol. The second-order valence-corrected chi connectivity index (χ2v) is 17.8. The van der Waals surface area contributed by atoms with Gasteiger partial charge in [-0.05, 0) is 96.8 Å². The van der Waals surface area contributed by atoms with Crippen molar-refractivity contribution in [2.24, 2.45) is 35.3 Å². The first-order valence-electron chi connectivity index (χ1n) is 23.5. The van der Waals surface area contributed by atoms with E-state index in [4.69, 9.17) is 5.73 Å². The zero-order chi connectivity index (χ0) is 49.1. The molecule has 0 aromatic heterocycles. The Morgan fingerprint density at radius 1 is 0.726 bits per heavy atom. The van der Waals surface area contributed by atoms with Gasteiger partial charge in [-0.25, -0.2) is 0 Å². The molecule has 0 spiro atoms. The van der Waals surface area contributed by atoms with Crippen LogP contribution in [-0.4, -0.2) is 80.5 Å². The lowest BCUT2D eigenvalue weighted by molar-refractivity contribution is -0.138. The topological polar surface area (TPSA) is 173 Å². The minimum atomic E-state index is -0.649. The van der Waals surface area contributed by atoms with Crippen LogP contribution in [0.5, 0.6) is 0 Å². The number of carbonyl (C=O) groups excluding carboxylic acids is 7. The molecule has 1 fully saturated rings. The van der Waals surface area contributed by atoms with Crippen LogP contribution in [0, 0.1) is 29.6 Å². The summed E-state index contributed by atoms with van der Waals surface area (Å²) in [7, 11) is 6.00. The Labute approximate surface area is 380 Å². The molecule has 0 bridgehead atoms. The first kappa shape index (κ1) is 67.3. The number of nitrogens with one attached hydrogen (secondary N) is 2. The smallest absolute Gasteiger partial charge is 0.287 e. The number of hydrogen-bond acceptors (Lipinski definition) is 8. The van der Waals surface area contributed by atoms with E-state index >= 15 is 0 Å². The lowest BCUT2D eigenvalue weighted by Crippen LogP contribution is -2.34. The maximum absolute atomic E-state index is 11.1. The van der Waals surface area contributed by atoms with Crippen LogP contribution in [-0.2, 0) is 33.6 Å². The Hall–Kier alpha value is -3.73. The van der Waals surface area contributed by atoms with E-state index < -0.39 is 11.7 Å². The number of benzene rings is 1. The molecule has 0 saturated heterocycles. The first-order valence-corrected chi connectivity index (χ1v) is 23.5. The van der Waals surface area contributed by atoms with Crippen LogP contribution in [0.15, 0.2) is 30.3 Å². The van der Waals surface area contributed by atoms with Gasteiger partial charge in [-0.15, -0.1) is 0 Å². The van der Waals surface area contributed by atoms with Gasteiger partial charge in [-0.1, -0.05) is 151 Å². The van der Waals surface area contributed by atoms with Crippen LogP contribution in [0.1, 0.15) is 191 Å². The molecule has 62 heavy (non-hydrogen) atoms. The van der Waals surface area contributed by atoms with Crippen molar-refractivity contribution in [1.82, 2.24) is 15.5 Å². The summed E-state index contributed by atoms with van der Waals surface area (Å²) in [6.07, 6.45) is 14.8. The molecule has 11 heteroatoms. The summed E-state index contributed by atoms with van der Waals surface area (Å²) in [6.45, 7) is 26.7. The third-order valence-corrected chi connectivity index (χ3v) is 8.74. The van der Waals surface area contributed by atoms with Gasteiger partial charge in [0.1, 0.15) is 17.9 Å². The van der Waals surface area contributed by atoms with Gasteiger partial charge in [0.15, 0.2) is 0 Å². The van der Waals surface area contributed by atoms with Crippen molar-refractivity contribution < 1.29 is 33.6 Å². The second kappa shape index (κ2) is 46.8. The minimum absolute atomic E-state index is 0.00833. The number of unbranched alkanes of at least 4 members (excludes halogenated alkanes) is 3. The number of aldehydes is 1. The van der Waals surface area contributed by atoms with Crippen molar-refractivity contribution in [3.8, 4) is 0 Å². The van der Waals surface area contributed by atoms with E-state index in [1.54, 1.807) is 0 Å². The van der Waals surface area contributed by atoms with E-state index in [-0.39, 0.29) is 60.6 Å². The minimum Gasteiger partial charge on any atom is -0.369 e. The normalized spacial score (nSPS) is 12.4. The summed E-state index contributed by atoms with van der Waals surface area (Å²) < 4.78 is 0. The lowest BCUT2D eigenvalue weighted by atomic mass is 9.90. The highest BCUT2D eigenvalue weighted by atomic mass is 16.2. The molecule has 3 atom stereocenters. The fourth-order valence-electron chi connectivity index (χ4n) is 4.37. The number of Topliss-reactive ketones (excluding diaryl/α,β-unsaturated/α-hetero) is 3. The Morgan fingerprint density at radius 2 is 1.16 bits per heavy atom. The van der Waals surface area contributed by atoms with Crippen LogP contribution in [0.4, 0.5) is 0 Å². The number of rotatable bonds is 22. The molecule has 362 valence electrons. The number of carbonyl (C=O) groups is 7. The summed E-state index contributed by atoms with van der Waals surface area (Å²) in [4.78, 5) is 77.5. The van der Waals surface area contributed by atoms with Crippen LogP contribution >= 0.6 is 0 Å². The number of amides is 3. The predicted molar refractivity (Wildman–Crippen MR) is 261 cm³/mol.